The molecule has 1 unspecified atom stereocenters. The van der Waals surface area contributed by atoms with E-state index in [1.54, 1.807) is 0 Å². The number of carbonyl (C=O) groups is 1. The fourth-order valence-electron chi connectivity index (χ4n) is 4.20. The summed E-state index contributed by atoms with van der Waals surface area (Å²) in [7, 11) is 0. The van der Waals surface area contributed by atoms with E-state index < -0.39 is 0 Å². The van der Waals surface area contributed by atoms with Gasteiger partial charge in [-0.15, -0.1) is 0 Å². The van der Waals surface area contributed by atoms with E-state index in [2.05, 4.69) is 48.5 Å². The van der Waals surface area contributed by atoms with Crippen molar-refractivity contribution >= 4 is 21.8 Å². The molecular weight excluding hydrogens is 330 g/mol. The van der Waals surface area contributed by atoms with Gasteiger partial charge in [0.15, 0.2) is 0 Å². The summed E-state index contributed by atoms with van der Waals surface area (Å²) in [5, 5.41) is 0.789. The van der Waals surface area contributed by atoms with Gasteiger partial charge in [0.1, 0.15) is 0 Å². The van der Waals surface area contributed by atoms with Gasteiger partial charge in [0.25, 0.3) is 0 Å². The number of rotatable bonds is 4. The van der Waals surface area contributed by atoms with Crippen LogP contribution in [0.25, 0.3) is 0 Å². The Morgan fingerprint density at radius 2 is 1.95 bits per heavy atom. The molecule has 0 aromatic heterocycles. The van der Waals surface area contributed by atoms with Gasteiger partial charge in [-0.1, -0.05) is 42.6 Å². The Morgan fingerprint density at radius 1 is 1.33 bits per heavy atom. The third-order valence-corrected chi connectivity index (χ3v) is 5.48. The average molecular weight is 360 g/mol. The van der Waals surface area contributed by atoms with Crippen molar-refractivity contribution < 1.29 is 9.53 Å². The third kappa shape index (κ3) is 4.01. The van der Waals surface area contributed by atoms with Crippen LogP contribution < -0.4 is 0 Å². The van der Waals surface area contributed by atoms with E-state index in [4.69, 9.17) is 4.74 Å². The van der Waals surface area contributed by atoms with Crippen LogP contribution in [0.5, 0.6) is 0 Å². The zero-order valence-electron chi connectivity index (χ0n) is 14.0. The predicted octanol–water partition coefficient (Wildman–Crippen LogP) is 3.99. The number of nitrogens with zero attached hydrogens (tertiary/aromatic N) is 1. The summed E-state index contributed by atoms with van der Waals surface area (Å²) in [5.41, 5.74) is -0.345. The third-order valence-electron chi connectivity index (χ3n) is 4.75. The molecule has 3 nitrogen and oxygen atoms in total. The number of morpholine rings is 1. The molecule has 21 heavy (non-hydrogen) atoms. The Kier molecular flexibility index (Phi) is 5.40. The normalized spacial score (nSPS) is 28.1. The number of ether oxygens (including phenoxy) is 1. The monoisotopic (exact) mass is 359 g/mol. The van der Waals surface area contributed by atoms with Gasteiger partial charge in [0.2, 0.25) is 5.91 Å². The molecule has 0 spiro atoms. The van der Waals surface area contributed by atoms with Crippen molar-refractivity contribution in [1.29, 1.82) is 0 Å². The van der Waals surface area contributed by atoms with Crippen LogP contribution in [0, 0.1) is 11.3 Å². The maximum absolute atomic E-state index is 13.3. The lowest BCUT2D eigenvalue weighted by molar-refractivity contribution is -0.166. The zero-order chi connectivity index (χ0) is 15.7. The SMILES string of the molecule is CC(C)CC1(C(=O)N2CC(CBr)OC(C)(C)C2)CCCC1. The second-order valence-corrected chi connectivity index (χ2v) is 8.57. The second-order valence-electron chi connectivity index (χ2n) is 7.92. The molecule has 1 saturated heterocycles. The van der Waals surface area contributed by atoms with Gasteiger partial charge in [-0.3, -0.25) is 4.79 Å². The van der Waals surface area contributed by atoms with E-state index in [0.717, 1.165) is 37.7 Å². The lowest BCUT2D eigenvalue weighted by Gasteiger charge is -2.45. The molecule has 0 N–H and O–H groups in total. The highest BCUT2D eigenvalue weighted by Crippen LogP contribution is 2.45. The molecule has 1 aliphatic heterocycles. The van der Waals surface area contributed by atoms with Crippen molar-refractivity contribution in [1.82, 2.24) is 4.90 Å². The average Bonchev–Trinajstić information content (AvgIpc) is 2.84. The lowest BCUT2D eigenvalue weighted by Crippen LogP contribution is -2.58. The first-order valence-electron chi connectivity index (χ1n) is 8.31. The summed E-state index contributed by atoms with van der Waals surface area (Å²) in [6, 6.07) is 0. The summed E-state index contributed by atoms with van der Waals surface area (Å²) in [4.78, 5) is 15.3. The first-order chi connectivity index (χ1) is 9.78. The molecule has 2 aliphatic rings. The largest absolute Gasteiger partial charge is 0.368 e. The molecule has 0 aromatic rings. The standard InChI is InChI=1S/C17H30BrNO2/c1-13(2)9-17(7-5-6-8-17)15(20)19-11-14(10-18)21-16(3,4)12-19/h13-14H,5-12H2,1-4H3. The van der Waals surface area contributed by atoms with Crippen molar-refractivity contribution in [2.45, 2.75) is 71.5 Å². The summed E-state index contributed by atoms with van der Waals surface area (Å²) in [5.74, 6) is 0.962. The van der Waals surface area contributed by atoms with E-state index in [0.29, 0.717) is 11.8 Å². The highest BCUT2D eigenvalue weighted by molar-refractivity contribution is 9.09. The molecule has 1 atom stereocenters. The second kappa shape index (κ2) is 6.57. The number of alkyl halides is 1. The van der Waals surface area contributed by atoms with Crippen molar-refractivity contribution in [2.24, 2.45) is 11.3 Å². The Balaban J connectivity index is 2.16. The van der Waals surface area contributed by atoms with E-state index in [9.17, 15) is 4.79 Å². The maximum Gasteiger partial charge on any atom is 0.228 e. The van der Waals surface area contributed by atoms with Gasteiger partial charge in [-0.2, -0.15) is 0 Å². The van der Waals surface area contributed by atoms with Gasteiger partial charge >= 0.3 is 0 Å². The van der Waals surface area contributed by atoms with Crippen LogP contribution in [-0.2, 0) is 9.53 Å². The van der Waals surface area contributed by atoms with Gasteiger partial charge in [-0.25, -0.2) is 0 Å². The van der Waals surface area contributed by atoms with Crippen molar-refractivity contribution in [3.8, 4) is 0 Å². The number of hydrogen-bond donors (Lipinski definition) is 0. The van der Waals surface area contributed by atoms with Crippen LogP contribution in [0.3, 0.4) is 0 Å². The van der Waals surface area contributed by atoms with Crippen molar-refractivity contribution in [2.75, 3.05) is 18.4 Å². The molecule has 2 fully saturated rings. The fraction of sp³-hybridized carbons (Fsp3) is 0.941. The lowest BCUT2D eigenvalue weighted by atomic mass is 9.77. The molecule has 0 radical (unpaired) electrons. The first-order valence-corrected chi connectivity index (χ1v) is 9.43. The number of carbonyl (C=O) groups excluding carboxylic acids is 1. The van der Waals surface area contributed by atoms with Crippen LogP contribution >= 0.6 is 15.9 Å². The smallest absolute Gasteiger partial charge is 0.228 e. The molecule has 4 heteroatoms. The highest BCUT2D eigenvalue weighted by Gasteiger charge is 2.46. The van der Waals surface area contributed by atoms with Crippen molar-refractivity contribution in [3.63, 3.8) is 0 Å². The molecule has 1 heterocycles. The van der Waals surface area contributed by atoms with Crippen molar-refractivity contribution in [3.05, 3.63) is 0 Å². The molecule has 2 rings (SSSR count). The van der Waals surface area contributed by atoms with E-state index in [1.165, 1.54) is 12.8 Å². The van der Waals surface area contributed by atoms with E-state index in [-0.39, 0.29) is 17.1 Å². The van der Waals surface area contributed by atoms with E-state index in [1.807, 2.05) is 0 Å². The molecule has 0 aromatic carbocycles. The number of hydrogen-bond acceptors (Lipinski definition) is 2. The fourth-order valence-corrected chi connectivity index (χ4v) is 4.54. The minimum absolute atomic E-state index is 0.0988. The molecule has 0 bridgehead atoms. The Labute approximate surface area is 137 Å². The number of halogens is 1. The topological polar surface area (TPSA) is 29.5 Å². The molecule has 122 valence electrons. The zero-order valence-corrected chi connectivity index (χ0v) is 15.5. The van der Waals surface area contributed by atoms with Crippen LogP contribution in [-0.4, -0.2) is 40.9 Å². The molecule has 1 saturated carbocycles. The van der Waals surface area contributed by atoms with Gasteiger partial charge < -0.3 is 9.64 Å². The summed E-state index contributed by atoms with van der Waals surface area (Å²) < 4.78 is 6.04. The summed E-state index contributed by atoms with van der Waals surface area (Å²) in [6.45, 7) is 10.1. The van der Waals surface area contributed by atoms with Gasteiger partial charge in [0.05, 0.1) is 11.7 Å². The molecule has 1 amide bonds. The summed E-state index contributed by atoms with van der Waals surface area (Å²) in [6.07, 6.45) is 5.68. The minimum Gasteiger partial charge on any atom is -0.368 e. The minimum atomic E-state index is -0.246. The Hall–Kier alpha value is -0.0900. The Morgan fingerprint density at radius 3 is 2.48 bits per heavy atom. The highest BCUT2D eigenvalue weighted by atomic mass is 79.9. The Bertz CT molecular complexity index is 375. The quantitative estimate of drug-likeness (QED) is 0.710. The van der Waals surface area contributed by atoms with Crippen LogP contribution in [0.1, 0.15) is 59.8 Å². The van der Waals surface area contributed by atoms with E-state index >= 15 is 0 Å². The molecule has 1 aliphatic carbocycles. The van der Waals surface area contributed by atoms with Gasteiger partial charge in [-0.05, 0) is 39.0 Å². The van der Waals surface area contributed by atoms with Crippen LogP contribution in [0.15, 0.2) is 0 Å². The van der Waals surface area contributed by atoms with Crippen LogP contribution in [0.4, 0.5) is 0 Å². The van der Waals surface area contributed by atoms with Gasteiger partial charge in [0, 0.05) is 23.8 Å². The maximum atomic E-state index is 13.3. The predicted molar refractivity (Wildman–Crippen MR) is 89.7 cm³/mol. The molecular formula is C17H30BrNO2. The number of amides is 1. The summed E-state index contributed by atoms with van der Waals surface area (Å²) >= 11 is 3.51. The first kappa shape index (κ1) is 17.3. The van der Waals surface area contributed by atoms with Crippen LogP contribution in [0.2, 0.25) is 0 Å².